The highest BCUT2D eigenvalue weighted by atomic mass is 32.2. The van der Waals surface area contributed by atoms with E-state index >= 15 is 0 Å². The highest BCUT2D eigenvalue weighted by Gasteiger charge is 2.23. The maximum atomic E-state index is 13.0. The molecule has 2 aromatic heterocycles. The van der Waals surface area contributed by atoms with Crippen molar-refractivity contribution in [1.82, 2.24) is 14.5 Å². The van der Waals surface area contributed by atoms with Crippen molar-refractivity contribution in [2.75, 3.05) is 19.1 Å². The number of nitrogen functional groups attached to an aromatic ring is 1. The number of carbonyl (C=O) groups is 1. The summed E-state index contributed by atoms with van der Waals surface area (Å²) in [6.45, 7) is 0. The van der Waals surface area contributed by atoms with E-state index in [1.165, 1.54) is 31.0 Å². The minimum absolute atomic E-state index is 0.194. The number of esters is 1. The topological polar surface area (TPSA) is 83.0 Å². The van der Waals surface area contributed by atoms with Crippen molar-refractivity contribution in [2.24, 2.45) is 7.05 Å². The van der Waals surface area contributed by atoms with Crippen LogP contribution in [-0.4, -0.2) is 33.9 Å². The number of nitrogens with zero attached hydrogens (tertiary/aromatic N) is 3. The molecule has 0 fully saturated rings. The average Bonchev–Trinajstić information content (AvgIpc) is 2.91. The molecule has 0 saturated heterocycles. The van der Waals surface area contributed by atoms with Gasteiger partial charge in [-0.1, -0.05) is 17.7 Å². The summed E-state index contributed by atoms with van der Waals surface area (Å²) in [6.07, 6.45) is 1.84. The molecule has 0 bridgehead atoms. The molecule has 0 saturated carbocycles. The molecular weight excluding hydrogens is 355 g/mol. The molecule has 3 rings (SSSR count). The Hall–Kier alpha value is -3.05. The van der Waals surface area contributed by atoms with Crippen LogP contribution in [0.5, 0.6) is 0 Å². The molecule has 6 nitrogen and oxygen atoms in total. The fraction of sp³-hybridized carbons (Fsp3) is 0.167. The number of rotatable bonds is 2. The lowest BCUT2D eigenvalue weighted by atomic mass is 10.2. The third-order valence-corrected chi connectivity index (χ3v) is 4.33. The minimum atomic E-state index is -0.564. The molecule has 0 amide bonds. The van der Waals surface area contributed by atoms with Crippen LogP contribution in [0.15, 0.2) is 29.4 Å². The summed E-state index contributed by atoms with van der Waals surface area (Å²) in [5, 5.41) is 0.984. The molecule has 1 aromatic carbocycles. The van der Waals surface area contributed by atoms with Crippen molar-refractivity contribution in [3.05, 3.63) is 47.0 Å². The first-order valence-corrected chi connectivity index (χ1v) is 8.74. The summed E-state index contributed by atoms with van der Waals surface area (Å²) in [4.78, 5) is 20.9. The van der Waals surface area contributed by atoms with E-state index in [4.69, 9.17) is 10.5 Å². The van der Waals surface area contributed by atoms with Gasteiger partial charge in [0.2, 0.25) is 0 Å². The van der Waals surface area contributed by atoms with Gasteiger partial charge >= 0.3 is 5.97 Å². The van der Waals surface area contributed by atoms with Crippen LogP contribution in [0.25, 0.3) is 11.0 Å². The second-order valence-electron chi connectivity index (χ2n) is 5.33. The minimum Gasteiger partial charge on any atom is -0.464 e. The summed E-state index contributed by atoms with van der Waals surface area (Å²) < 4.78 is 19.4. The smallest absolute Gasteiger partial charge is 0.356 e. The first-order valence-electron chi connectivity index (χ1n) is 7.52. The Kier molecular flexibility index (Phi) is 4.82. The number of methoxy groups -OCH3 is 1. The van der Waals surface area contributed by atoms with Crippen LogP contribution in [0.3, 0.4) is 0 Å². The first-order chi connectivity index (χ1) is 12.5. The molecule has 0 radical (unpaired) electrons. The number of benzene rings is 1. The molecule has 26 heavy (non-hydrogen) atoms. The number of thioether (sulfide) groups is 1. The summed E-state index contributed by atoms with van der Waals surface area (Å²) >= 11 is 1.35. The Morgan fingerprint density at radius 3 is 2.58 bits per heavy atom. The normalized spacial score (nSPS) is 10.5. The molecule has 8 heteroatoms. The highest BCUT2D eigenvalue weighted by molar-refractivity contribution is 7.98. The van der Waals surface area contributed by atoms with E-state index in [1.807, 2.05) is 6.26 Å². The zero-order chi connectivity index (χ0) is 18.8. The van der Waals surface area contributed by atoms with Gasteiger partial charge in [-0.15, -0.1) is 0 Å². The zero-order valence-corrected chi connectivity index (χ0v) is 15.1. The number of hydrogen-bond donors (Lipinski definition) is 1. The lowest BCUT2D eigenvalue weighted by Crippen LogP contribution is -2.10. The molecule has 132 valence electrons. The second-order valence-corrected chi connectivity index (χ2v) is 6.10. The van der Waals surface area contributed by atoms with Crippen molar-refractivity contribution < 1.29 is 13.9 Å². The summed E-state index contributed by atoms with van der Waals surface area (Å²) in [5.41, 5.74) is 8.10. The Morgan fingerprint density at radius 1 is 1.27 bits per heavy atom. The van der Waals surface area contributed by atoms with E-state index in [2.05, 4.69) is 21.8 Å². The van der Waals surface area contributed by atoms with Crippen LogP contribution in [-0.2, 0) is 11.8 Å². The molecule has 0 spiro atoms. The number of nitrogens with two attached hydrogens (primary N) is 1. The number of aryl methyl sites for hydroxylation is 1. The number of fused-ring (bicyclic) bond motifs is 1. The van der Waals surface area contributed by atoms with Gasteiger partial charge in [0.05, 0.1) is 18.2 Å². The number of ether oxygens (including phenoxy) is 1. The maximum absolute atomic E-state index is 13.0. The van der Waals surface area contributed by atoms with Gasteiger partial charge in [-0.25, -0.2) is 19.2 Å². The standard InChI is InChI=1S/C18H15FN4O2S/c1-23-15(17(24)25-2)14(20)13-12(21-18(26-3)22-16(13)23)9-6-10-4-7-11(19)8-5-10/h4-5,7-8H,20H2,1-3H3. The fourth-order valence-electron chi connectivity index (χ4n) is 2.51. The first kappa shape index (κ1) is 17.8. The largest absolute Gasteiger partial charge is 0.464 e. The van der Waals surface area contributed by atoms with Gasteiger partial charge in [-0.05, 0) is 36.4 Å². The lowest BCUT2D eigenvalue weighted by molar-refractivity contribution is 0.0591. The van der Waals surface area contributed by atoms with Crippen LogP contribution < -0.4 is 5.73 Å². The zero-order valence-electron chi connectivity index (χ0n) is 14.3. The third kappa shape index (κ3) is 3.09. The number of anilines is 1. The monoisotopic (exact) mass is 370 g/mol. The molecule has 0 aliphatic rings. The van der Waals surface area contributed by atoms with Crippen LogP contribution in [0.4, 0.5) is 10.1 Å². The molecule has 2 N–H and O–H groups in total. The van der Waals surface area contributed by atoms with Crippen molar-refractivity contribution >= 4 is 34.5 Å². The average molecular weight is 370 g/mol. The van der Waals surface area contributed by atoms with E-state index in [1.54, 1.807) is 23.7 Å². The van der Waals surface area contributed by atoms with Crippen molar-refractivity contribution in [1.29, 1.82) is 0 Å². The van der Waals surface area contributed by atoms with Gasteiger partial charge in [0.15, 0.2) is 10.9 Å². The Morgan fingerprint density at radius 2 is 1.96 bits per heavy atom. The molecule has 0 unspecified atom stereocenters. The van der Waals surface area contributed by atoms with Crippen molar-refractivity contribution in [2.45, 2.75) is 5.16 Å². The van der Waals surface area contributed by atoms with Gasteiger partial charge < -0.3 is 15.0 Å². The molecule has 3 aromatic rings. The van der Waals surface area contributed by atoms with Gasteiger partial charge in [0.25, 0.3) is 0 Å². The summed E-state index contributed by atoms with van der Waals surface area (Å²) in [7, 11) is 2.97. The molecule has 0 atom stereocenters. The van der Waals surface area contributed by atoms with Crippen LogP contribution >= 0.6 is 11.8 Å². The number of carbonyl (C=O) groups excluding carboxylic acids is 1. The number of halogens is 1. The Bertz CT molecular complexity index is 1060. The van der Waals surface area contributed by atoms with Gasteiger partial charge in [0.1, 0.15) is 17.2 Å². The van der Waals surface area contributed by atoms with E-state index in [9.17, 15) is 9.18 Å². The summed E-state index contributed by atoms with van der Waals surface area (Å²) in [6, 6.07) is 5.81. The molecule has 0 aliphatic carbocycles. The Balaban J connectivity index is 2.24. The maximum Gasteiger partial charge on any atom is 0.356 e. The number of aromatic nitrogens is 3. The molecule has 2 heterocycles. The fourth-order valence-corrected chi connectivity index (χ4v) is 2.87. The van der Waals surface area contributed by atoms with Gasteiger partial charge in [-0.2, -0.15) is 0 Å². The van der Waals surface area contributed by atoms with E-state index in [0.29, 0.717) is 27.4 Å². The van der Waals surface area contributed by atoms with E-state index < -0.39 is 5.97 Å². The summed E-state index contributed by atoms with van der Waals surface area (Å²) in [5.74, 6) is 4.99. The van der Waals surface area contributed by atoms with Crippen LogP contribution in [0, 0.1) is 17.7 Å². The van der Waals surface area contributed by atoms with Crippen molar-refractivity contribution in [3.63, 3.8) is 0 Å². The highest BCUT2D eigenvalue weighted by Crippen LogP contribution is 2.30. The molecular formula is C18H15FN4O2S. The lowest BCUT2D eigenvalue weighted by Gasteiger charge is -2.02. The quantitative estimate of drug-likeness (QED) is 0.323. The van der Waals surface area contributed by atoms with E-state index in [0.717, 1.165) is 0 Å². The predicted molar refractivity (Wildman–Crippen MR) is 98.4 cm³/mol. The van der Waals surface area contributed by atoms with Crippen molar-refractivity contribution in [3.8, 4) is 11.8 Å². The van der Waals surface area contributed by atoms with Gasteiger partial charge in [0, 0.05) is 12.6 Å². The van der Waals surface area contributed by atoms with Crippen LogP contribution in [0.1, 0.15) is 21.7 Å². The SMILES string of the molecule is COC(=O)c1c(N)c2c(C#Cc3ccc(F)cc3)nc(SC)nc2n1C. The predicted octanol–water partition coefficient (Wildman–Crippen LogP) is 2.60. The van der Waals surface area contributed by atoms with Gasteiger partial charge in [-0.3, -0.25) is 0 Å². The molecule has 0 aliphatic heterocycles. The van der Waals surface area contributed by atoms with Crippen LogP contribution in [0.2, 0.25) is 0 Å². The van der Waals surface area contributed by atoms with E-state index in [-0.39, 0.29) is 17.2 Å². The Labute approximate surface area is 153 Å². The second kappa shape index (κ2) is 7.06. The third-order valence-electron chi connectivity index (χ3n) is 3.78. The number of hydrogen-bond acceptors (Lipinski definition) is 6.